The summed E-state index contributed by atoms with van der Waals surface area (Å²) in [5, 5.41) is 3.99. The summed E-state index contributed by atoms with van der Waals surface area (Å²) in [6.07, 6.45) is 1.14. The van der Waals surface area contributed by atoms with Crippen molar-refractivity contribution in [3.8, 4) is 0 Å². The van der Waals surface area contributed by atoms with Crippen LogP contribution in [0.3, 0.4) is 0 Å². The van der Waals surface area contributed by atoms with Crippen molar-refractivity contribution in [1.29, 1.82) is 0 Å². The fourth-order valence-electron chi connectivity index (χ4n) is 3.11. The number of nitrogens with one attached hydrogen (secondary N) is 1. The summed E-state index contributed by atoms with van der Waals surface area (Å²) in [6, 6.07) is 15.0. The molecule has 1 N–H and O–H groups in total. The number of hydrogen-bond donors (Lipinski definition) is 1. The highest BCUT2D eigenvalue weighted by atomic mass is 35.5. The first-order valence-corrected chi connectivity index (χ1v) is 7.85. The van der Waals surface area contributed by atoms with Crippen LogP contribution in [0.15, 0.2) is 42.5 Å². The maximum Gasteiger partial charge on any atom is 0.0646 e. The van der Waals surface area contributed by atoms with E-state index in [1.807, 2.05) is 7.05 Å². The third-order valence-electron chi connectivity index (χ3n) is 4.03. The van der Waals surface area contributed by atoms with E-state index < -0.39 is 0 Å². The Kier molecular flexibility index (Phi) is 4.18. The summed E-state index contributed by atoms with van der Waals surface area (Å²) < 4.78 is 0. The molecule has 3 rings (SSSR count). The van der Waals surface area contributed by atoms with Gasteiger partial charge in [-0.25, -0.2) is 0 Å². The molecule has 0 amide bonds. The van der Waals surface area contributed by atoms with Gasteiger partial charge in [0.1, 0.15) is 0 Å². The maximum absolute atomic E-state index is 6.54. The lowest BCUT2D eigenvalue weighted by Crippen LogP contribution is -2.30. The molecule has 21 heavy (non-hydrogen) atoms. The number of anilines is 2. The number of hydrogen-bond acceptors (Lipinski definition) is 2. The van der Waals surface area contributed by atoms with Crippen LogP contribution in [-0.4, -0.2) is 13.6 Å². The molecule has 0 aromatic heterocycles. The van der Waals surface area contributed by atoms with Crippen LogP contribution in [0.5, 0.6) is 0 Å². The van der Waals surface area contributed by atoms with Crippen LogP contribution in [0.2, 0.25) is 5.02 Å². The molecule has 0 radical (unpaired) electrons. The second-order valence-corrected chi connectivity index (χ2v) is 6.27. The van der Waals surface area contributed by atoms with Crippen LogP contribution in [-0.2, 0) is 13.0 Å². The van der Waals surface area contributed by atoms with E-state index >= 15 is 0 Å². The van der Waals surface area contributed by atoms with Gasteiger partial charge in [-0.2, -0.15) is 0 Å². The van der Waals surface area contributed by atoms with E-state index in [2.05, 4.69) is 59.6 Å². The van der Waals surface area contributed by atoms with Gasteiger partial charge in [0.05, 0.1) is 10.7 Å². The van der Waals surface area contributed by atoms with Gasteiger partial charge < -0.3 is 10.2 Å². The smallest absolute Gasteiger partial charge is 0.0646 e. The van der Waals surface area contributed by atoms with Crippen LogP contribution in [0.1, 0.15) is 18.1 Å². The average molecular weight is 301 g/mol. The molecular formula is C18H21ClN2. The molecule has 0 bridgehead atoms. The van der Waals surface area contributed by atoms with Crippen molar-refractivity contribution in [2.45, 2.75) is 19.9 Å². The Morgan fingerprint density at radius 1 is 1.19 bits per heavy atom. The minimum Gasteiger partial charge on any atom is -0.340 e. The lowest BCUT2D eigenvalue weighted by molar-refractivity contribution is 0.562. The van der Waals surface area contributed by atoms with Gasteiger partial charge in [0.2, 0.25) is 0 Å². The highest BCUT2D eigenvalue weighted by Crippen LogP contribution is 2.38. The second kappa shape index (κ2) is 6.08. The topological polar surface area (TPSA) is 15.3 Å². The molecule has 0 fully saturated rings. The third kappa shape index (κ3) is 2.92. The van der Waals surface area contributed by atoms with Crippen LogP contribution >= 0.6 is 11.6 Å². The Morgan fingerprint density at radius 3 is 2.76 bits per heavy atom. The van der Waals surface area contributed by atoms with Crippen LogP contribution in [0.4, 0.5) is 11.4 Å². The monoisotopic (exact) mass is 300 g/mol. The molecule has 3 heteroatoms. The van der Waals surface area contributed by atoms with Crippen LogP contribution in [0, 0.1) is 5.92 Å². The summed E-state index contributed by atoms with van der Waals surface area (Å²) in [5.41, 5.74) is 5.02. The van der Waals surface area contributed by atoms with Gasteiger partial charge in [-0.3, -0.25) is 0 Å². The molecule has 1 aliphatic heterocycles. The molecule has 1 atom stereocenters. The van der Waals surface area contributed by atoms with Gasteiger partial charge >= 0.3 is 0 Å². The second-order valence-electron chi connectivity index (χ2n) is 5.86. The highest BCUT2D eigenvalue weighted by Gasteiger charge is 2.23. The van der Waals surface area contributed by atoms with E-state index in [0.29, 0.717) is 5.92 Å². The SMILES string of the molecule is CNCc1ccc(N2CC(C)Cc3ccccc32)c(Cl)c1. The van der Waals surface area contributed by atoms with Crippen molar-refractivity contribution in [3.05, 3.63) is 58.6 Å². The zero-order valence-corrected chi connectivity index (χ0v) is 13.3. The molecule has 110 valence electrons. The van der Waals surface area contributed by atoms with Crippen molar-refractivity contribution in [2.24, 2.45) is 5.92 Å². The Balaban J connectivity index is 2.00. The normalized spacial score (nSPS) is 17.7. The fraction of sp³-hybridized carbons (Fsp3) is 0.333. The Labute approximate surface area is 131 Å². The lowest BCUT2D eigenvalue weighted by Gasteiger charge is -2.35. The minimum atomic E-state index is 0.632. The zero-order valence-electron chi connectivity index (χ0n) is 12.6. The number of nitrogens with zero attached hydrogens (tertiary/aromatic N) is 1. The summed E-state index contributed by atoms with van der Waals surface area (Å²) in [5.74, 6) is 0.632. The van der Waals surface area contributed by atoms with E-state index in [1.165, 1.54) is 16.8 Å². The van der Waals surface area contributed by atoms with Gasteiger partial charge in [-0.15, -0.1) is 0 Å². The highest BCUT2D eigenvalue weighted by molar-refractivity contribution is 6.33. The van der Waals surface area contributed by atoms with Crippen molar-refractivity contribution in [1.82, 2.24) is 5.32 Å². The summed E-state index contributed by atoms with van der Waals surface area (Å²) >= 11 is 6.54. The number of halogens is 1. The van der Waals surface area contributed by atoms with Gasteiger partial charge in [-0.05, 0) is 48.7 Å². The molecule has 0 saturated heterocycles. The number of fused-ring (bicyclic) bond motifs is 1. The predicted octanol–water partition coefficient (Wildman–Crippen LogP) is 4.39. The van der Waals surface area contributed by atoms with Gasteiger partial charge in [0, 0.05) is 18.8 Å². The van der Waals surface area contributed by atoms with Gasteiger partial charge in [0.25, 0.3) is 0 Å². The van der Waals surface area contributed by atoms with Crippen molar-refractivity contribution < 1.29 is 0 Å². The van der Waals surface area contributed by atoms with E-state index in [-0.39, 0.29) is 0 Å². The van der Waals surface area contributed by atoms with Gasteiger partial charge in [0.15, 0.2) is 0 Å². The maximum atomic E-state index is 6.54. The zero-order chi connectivity index (χ0) is 14.8. The van der Waals surface area contributed by atoms with Gasteiger partial charge in [-0.1, -0.05) is 42.8 Å². The summed E-state index contributed by atoms with van der Waals surface area (Å²) in [6.45, 7) is 4.15. The number of benzene rings is 2. The molecule has 0 saturated carbocycles. The predicted molar refractivity (Wildman–Crippen MR) is 90.5 cm³/mol. The Hall–Kier alpha value is -1.51. The molecular weight excluding hydrogens is 280 g/mol. The van der Waals surface area contributed by atoms with Crippen molar-refractivity contribution in [2.75, 3.05) is 18.5 Å². The molecule has 1 aliphatic rings. The Morgan fingerprint density at radius 2 is 2.00 bits per heavy atom. The first kappa shape index (κ1) is 14.4. The molecule has 0 spiro atoms. The molecule has 2 nitrogen and oxygen atoms in total. The van der Waals surface area contributed by atoms with E-state index in [9.17, 15) is 0 Å². The number of rotatable bonds is 3. The molecule has 2 aromatic rings. The average Bonchev–Trinajstić information content (AvgIpc) is 2.47. The van der Waals surface area contributed by atoms with Crippen molar-refractivity contribution in [3.63, 3.8) is 0 Å². The third-order valence-corrected chi connectivity index (χ3v) is 4.33. The molecule has 0 aliphatic carbocycles. The van der Waals surface area contributed by atoms with E-state index in [4.69, 9.17) is 11.6 Å². The fourth-order valence-corrected chi connectivity index (χ4v) is 3.41. The molecule has 1 heterocycles. The van der Waals surface area contributed by atoms with E-state index in [0.717, 1.165) is 30.2 Å². The summed E-state index contributed by atoms with van der Waals surface area (Å²) in [7, 11) is 1.95. The first-order chi connectivity index (χ1) is 10.2. The quantitative estimate of drug-likeness (QED) is 0.904. The molecule has 1 unspecified atom stereocenters. The number of para-hydroxylation sites is 1. The largest absolute Gasteiger partial charge is 0.340 e. The standard InChI is InChI=1S/C18H21ClN2/c1-13-9-15-5-3-4-6-17(15)21(12-13)18-8-7-14(11-20-2)10-16(18)19/h3-8,10,13,20H,9,11-12H2,1-2H3. The lowest BCUT2D eigenvalue weighted by atomic mass is 9.93. The Bertz CT molecular complexity index is 639. The van der Waals surface area contributed by atoms with E-state index in [1.54, 1.807) is 0 Å². The summed E-state index contributed by atoms with van der Waals surface area (Å²) in [4.78, 5) is 2.36. The minimum absolute atomic E-state index is 0.632. The van der Waals surface area contributed by atoms with Crippen LogP contribution in [0.25, 0.3) is 0 Å². The van der Waals surface area contributed by atoms with Crippen molar-refractivity contribution >= 4 is 23.0 Å². The molecule has 2 aromatic carbocycles. The first-order valence-electron chi connectivity index (χ1n) is 7.47. The van der Waals surface area contributed by atoms with Crippen LogP contribution < -0.4 is 10.2 Å².